The number of anilines is 1. The van der Waals surface area contributed by atoms with Crippen molar-refractivity contribution in [2.45, 2.75) is 13.0 Å². The quantitative estimate of drug-likeness (QED) is 0.678. The molecule has 4 N–H and O–H groups in total. The minimum Gasteiger partial charge on any atom is -0.480 e. The van der Waals surface area contributed by atoms with Crippen molar-refractivity contribution in [3.63, 3.8) is 0 Å². The molecule has 7 nitrogen and oxygen atoms in total. The second kappa shape index (κ2) is 5.60. The van der Waals surface area contributed by atoms with E-state index in [1.165, 1.54) is 7.11 Å². The van der Waals surface area contributed by atoms with Gasteiger partial charge in [0, 0.05) is 7.11 Å². The molecule has 1 rings (SSSR count). The molecule has 0 fully saturated rings. The lowest BCUT2D eigenvalue weighted by molar-refractivity contribution is -0.140. The molecule has 1 unspecified atom stereocenters. The second-order valence-electron chi connectivity index (χ2n) is 3.29. The molecule has 1 aromatic rings. The highest BCUT2D eigenvalue weighted by atomic mass is 32.1. The minimum absolute atomic E-state index is 0.103. The molecule has 0 aromatic carbocycles. The SMILES string of the molecule is COCC(NC(=O)c1sc(N)nc1C)C(=O)O. The number of nitrogen functional groups attached to an aromatic ring is 1. The lowest BCUT2D eigenvalue weighted by Gasteiger charge is -2.12. The number of carbonyl (C=O) groups excluding carboxylic acids is 1. The van der Waals surface area contributed by atoms with Gasteiger partial charge in [0.1, 0.15) is 4.88 Å². The standard InChI is InChI=1S/C9H13N3O4S/c1-4-6(17-9(10)11-4)7(13)12-5(3-16-2)8(14)15/h5H,3H2,1-2H3,(H2,10,11)(H,12,13)(H,14,15). The summed E-state index contributed by atoms with van der Waals surface area (Å²) in [6, 6.07) is -1.09. The number of methoxy groups -OCH3 is 1. The van der Waals surface area contributed by atoms with Crippen LogP contribution in [0.2, 0.25) is 0 Å². The first kappa shape index (κ1) is 13.4. The van der Waals surface area contributed by atoms with Crippen LogP contribution in [0.1, 0.15) is 15.4 Å². The van der Waals surface area contributed by atoms with Gasteiger partial charge in [-0.1, -0.05) is 11.3 Å². The van der Waals surface area contributed by atoms with E-state index >= 15 is 0 Å². The lowest BCUT2D eigenvalue weighted by atomic mass is 10.3. The molecule has 8 heteroatoms. The molecular weight excluding hydrogens is 246 g/mol. The molecule has 0 aliphatic rings. The van der Waals surface area contributed by atoms with Crippen LogP contribution in [0.3, 0.4) is 0 Å². The zero-order valence-corrected chi connectivity index (χ0v) is 10.2. The number of thiazole rings is 1. The highest BCUT2D eigenvalue weighted by Crippen LogP contribution is 2.19. The number of nitrogens with zero attached hydrogens (tertiary/aromatic N) is 1. The Bertz CT molecular complexity index is 432. The van der Waals surface area contributed by atoms with Crippen LogP contribution < -0.4 is 11.1 Å². The third-order valence-electron chi connectivity index (χ3n) is 1.96. The smallest absolute Gasteiger partial charge is 0.328 e. The van der Waals surface area contributed by atoms with Gasteiger partial charge >= 0.3 is 5.97 Å². The predicted octanol–water partition coefficient (Wildman–Crippen LogP) is -0.137. The molecule has 0 spiro atoms. The first-order valence-electron chi connectivity index (χ1n) is 4.71. The van der Waals surface area contributed by atoms with E-state index < -0.39 is 17.9 Å². The van der Waals surface area contributed by atoms with Crippen molar-refractivity contribution in [3.05, 3.63) is 10.6 Å². The first-order valence-corrected chi connectivity index (χ1v) is 5.53. The maximum Gasteiger partial charge on any atom is 0.328 e. The van der Waals surface area contributed by atoms with Gasteiger partial charge in [-0.25, -0.2) is 9.78 Å². The van der Waals surface area contributed by atoms with Gasteiger partial charge in [-0.15, -0.1) is 0 Å². The number of aliphatic carboxylic acids is 1. The molecule has 0 aliphatic heterocycles. The monoisotopic (exact) mass is 259 g/mol. The summed E-state index contributed by atoms with van der Waals surface area (Å²) in [7, 11) is 1.36. The van der Waals surface area contributed by atoms with Crippen LogP contribution in [0.25, 0.3) is 0 Å². The molecule has 1 heterocycles. The molecule has 0 bridgehead atoms. The van der Waals surface area contributed by atoms with E-state index in [-0.39, 0.29) is 11.7 Å². The van der Waals surface area contributed by atoms with E-state index in [1.54, 1.807) is 6.92 Å². The van der Waals surface area contributed by atoms with Crippen molar-refractivity contribution >= 4 is 28.3 Å². The molecule has 0 saturated heterocycles. The van der Waals surface area contributed by atoms with Gasteiger partial charge in [-0.2, -0.15) is 0 Å². The molecule has 0 aliphatic carbocycles. The number of amides is 1. The van der Waals surface area contributed by atoms with Crippen LogP contribution in [0.15, 0.2) is 0 Å². The van der Waals surface area contributed by atoms with E-state index in [0.717, 1.165) is 11.3 Å². The van der Waals surface area contributed by atoms with Gasteiger partial charge in [-0.3, -0.25) is 4.79 Å². The fourth-order valence-corrected chi connectivity index (χ4v) is 1.93. The number of ether oxygens (including phenoxy) is 1. The summed E-state index contributed by atoms with van der Waals surface area (Å²) in [6.07, 6.45) is 0. The normalized spacial score (nSPS) is 12.1. The molecule has 0 saturated carbocycles. The number of nitrogens with one attached hydrogen (secondary N) is 1. The molecule has 17 heavy (non-hydrogen) atoms. The van der Waals surface area contributed by atoms with Crippen molar-refractivity contribution in [2.75, 3.05) is 19.5 Å². The fourth-order valence-electron chi connectivity index (χ4n) is 1.19. The highest BCUT2D eigenvalue weighted by molar-refractivity contribution is 7.17. The van der Waals surface area contributed by atoms with Crippen molar-refractivity contribution in [1.29, 1.82) is 0 Å². The molecule has 94 valence electrons. The van der Waals surface area contributed by atoms with Gasteiger partial charge in [0.15, 0.2) is 11.2 Å². The first-order chi connectivity index (χ1) is 7.95. The van der Waals surface area contributed by atoms with Crippen LogP contribution >= 0.6 is 11.3 Å². The summed E-state index contributed by atoms with van der Waals surface area (Å²) >= 11 is 1.02. The van der Waals surface area contributed by atoms with Crippen LogP contribution in [0.5, 0.6) is 0 Å². The summed E-state index contributed by atoms with van der Waals surface area (Å²) in [5.41, 5.74) is 5.93. The molecule has 1 atom stereocenters. The Labute approximate surface area is 102 Å². The zero-order valence-electron chi connectivity index (χ0n) is 9.39. The van der Waals surface area contributed by atoms with Crippen molar-refractivity contribution in [2.24, 2.45) is 0 Å². The van der Waals surface area contributed by atoms with Crippen LogP contribution in [0, 0.1) is 6.92 Å². The van der Waals surface area contributed by atoms with E-state index in [1.807, 2.05) is 0 Å². The van der Waals surface area contributed by atoms with Gasteiger partial charge in [0.25, 0.3) is 5.91 Å². The van der Waals surface area contributed by atoms with Crippen molar-refractivity contribution in [1.82, 2.24) is 10.3 Å². The fraction of sp³-hybridized carbons (Fsp3) is 0.444. The van der Waals surface area contributed by atoms with Gasteiger partial charge in [0.2, 0.25) is 0 Å². The highest BCUT2D eigenvalue weighted by Gasteiger charge is 2.22. The number of carbonyl (C=O) groups is 2. The van der Waals surface area contributed by atoms with Crippen LogP contribution in [0.4, 0.5) is 5.13 Å². The summed E-state index contributed by atoms with van der Waals surface area (Å²) in [4.78, 5) is 26.8. The average molecular weight is 259 g/mol. The zero-order chi connectivity index (χ0) is 13.0. The third-order valence-corrected chi connectivity index (χ3v) is 2.94. The molecule has 0 radical (unpaired) electrons. The number of carboxylic acid groups (broad SMARTS) is 1. The number of aromatic nitrogens is 1. The summed E-state index contributed by atoms with van der Waals surface area (Å²) in [5, 5.41) is 11.5. The third kappa shape index (κ3) is 3.40. The van der Waals surface area contributed by atoms with Crippen molar-refractivity contribution < 1.29 is 19.4 Å². The van der Waals surface area contributed by atoms with E-state index in [4.69, 9.17) is 15.6 Å². The second-order valence-corrected chi connectivity index (χ2v) is 4.32. The van der Waals surface area contributed by atoms with Crippen LogP contribution in [-0.4, -0.2) is 41.7 Å². The number of hydrogen-bond donors (Lipinski definition) is 3. The van der Waals surface area contributed by atoms with Crippen molar-refractivity contribution in [3.8, 4) is 0 Å². The molecule has 1 amide bonds. The maximum absolute atomic E-state index is 11.8. The minimum atomic E-state index is -1.16. The number of hydrogen-bond acceptors (Lipinski definition) is 6. The Balaban J connectivity index is 2.77. The Kier molecular flexibility index (Phi) is 4.41. The number of rotatable bonds is 5. The van der Waals surface area contributed by atoms with E-state index in [2.05, 4.69) is 10.3 Å². The largest absolute Gasteiger partial charge is 0.480 e. The number of aryl methyl sites for hydroxylation is 1. The number of carboxylic acids is 1. The Morgan fingerprint density at radius 2 is 2.29 bits per heavy atom. The Morgan fingerprint density at radius 3 is 2.71 bits per heavy atom. The average Bonchev–Trinajstić information content (AvgIpc) is 2.57. The molecular formula is C9H13N3O4S. The van der Waals surface area contributed by atoms with Crippen LogP contribution in [-0.2, 0) is 9.53 Å². The van der Waals surface area contributed by atoms with E-state index in [9.17, 15) is 9.59 Å². The predicted molar refractivity (Wildman–Crippen MR) is 62.0 cm³/mol. The van der Waals surface area contributed by atoms with E-state index in [0.29, 0.717) is 10.6 Å². The maximum atomic E-state index is 11.8. The Hall–Kier alpha value is -1.67. The molecule has 1 aromatic heterocycles. The van der Waals surface area contributed by atoms with Gasteiger partial charge in [0.05, 0.1) is 12.3 Å². The summed E-state index contributed by atoms with van der Waals surface area (Å²) in [5.74, 6) is -1.67. The van der Waals surface area contributed by atoms with Gasteiger partial charge < -0.3 is 20.9 Å². The van der Waals surface area contributed by atoms with Gasteiger partial charge in [-0.05, 0) is 6.92 Å². The summed E-state index contributed by atoms with van der Waals surface area (Å²) < 4.78 is 4.71. The topological polar surface area (TPSA) is 115 Å². The number of nitrogens with two attached hydrogens (primary N) is 1. The summed E-state index contributed by atoms with van der Waals surface area (Å²) in [6.45, 7) is 1.53. The Morgan fingerprint density at radius 1 is 1.65 bits per heavy atom. The lowest BCUT2D eigenvalue weighted by Crippen LogP contribution is -2.43.